The molecule has 1 saturated heterocycles. The molecular weight excluding hydrogens is 354 g/mol. The average Bonchev–Trinajstić information content (AvgIpc) is 2.76. The molecule has 5 heteroatoms. The van der Waals surface area contributed by atoms with E-state index in [0.717, 1.165) is 44.0 Å². The van der Waals surface area contributed by atoms with Crippen LogP contribution >= 0.6 is 0 Å². The number of morpholine rings is 1. The van der Waals surface area contributed by atoms with Crippen LogP contribution in [0.3, 0.4) is 0 Å². The highest BCUT2D eigenvalue weighted by atomic mass is 16.5. The van der Waals surface area contributed by atoms with Crippen molar-refractivity contribution in [1.29, 1.82) is 0 Å². The Hall–Kier alpha value is -2.79. The molecule has 2 aromatic rings. The largest absolute Gasteiger partial charge is 0.493 e. The van der Waals surface area contributed by atoms with Crippen LogP contribution in [0.1, 0.15) is 29.3 Å². The lowest BCUT2D eigenvalue weighted by molar-refractivity contribution is 0.104. The van der Waals surface area contributed by atoms with Gasteiger partial charge in [-0.2, -0.15) is 0 Å². The summed E-state index contributed by atoms with van der Waals surface area (Å²) < 4.78 is 16.4. The number of carbonyl (C=O) groups excluding carboxylic acids is 1. The van der Waals surface area contributed by atoms with E-state index in [1.54, 1.807) is 19.3 Å². The first-order chi connectivity index (χ1) is 13.7. The van der Waals surface area contributed by atoms with Gasteiger partial charge in [-0.05, 0) is 54.5 Å². The maximum atomic E-state index is 12.5. The van der Waals surface area contributed by atoms with Gasteiger partial charge >= 0.3 is 0 Å². The molecule has 0 atom stereocenters. The molecule has 0 amide bonds. The lowest BCUT2D eigenvalue weighted by Crippen LogP contribution is -2.36. The van der Waals surface area contributed by atoms with Crippen LogP contribution in [0.15, 0.2) is 48.5 Å². The zero-order valence-electron chi connectivity index (χ0n) is 16.5. The Balaban J connectivity index is 1.67. The number of ether oxygens (including phenoxy) is 3. The summed E-state index contributed by atoms with van der Waals surface area (Å²) in [6.45, 7) is 5.93. The summed E-state index contributed by atoms with van der Waals surface area (Å²) in [6, 6.07) is 13.4. The summed E-state index contributed by atoms with van der Waals surface area (Å²) in [4.78, 5) is 14.8. The van der Waals surface area contributed by atoms with Crippen LogP contribution in [-0.4, -0.2) is 45.8 Å². The topological polar surface area (TPSA) is 48.0 Å². The summed E-state index contributed by atoms with van der Waals surface area (Å²) in [5.74, 6) is 1.35. The molecule has 0 radical (unpaired) electrons. The highest BCUT2D eigenvalue weighted by molar-refractivity contribution is 6.07. The van der Waals surface area contributed by atoms with Crippen LogP contribution in [-0.2, 0) is 4.74 Å². The number of carbonyl (C=O) groups is 1. The van der Waals surface area contributed by atoms with Gasteiger partial charge in [-0.25, -0.2) is 0 Å². The fourth-order valence-electron chi connectivity index (χ4n) is 3.05. The number of anilines is 1. The van der Waals surface area contributed by atoms with Crippen molar-refractivity contribution in [2.45, 2.75) is 13.3 Å². The first kappa shape index (κ1) is 20.0. The molecule has 1 heterocycles. The summed E-state index contributed by atoms with van der Waals surface area (Å²) in [6.07, 6.45) is 4.31. The third-order valence-electron chi connectivity index (χ3n) is 4.60. The van der Waals surface area contributed by atoms with Crippen LogP contribution in [0.5, 0.6) is 11.5 Å². The number of nitrogens with zero attached hydrogens (tertiary/aromatic N) is 1. The molecule has 2 aromatic carbocycles. The van der Waals surface area contributed by atoms with Gasteiger partial charge in [0.05, 0.1) is 26.9 Å². The van der Waals surface area contributed by atoms with E-state index in [-0.39, 0.29) is 5.78 Å². The lowest BCUT2D eigenvalue weighted by atomic mass is 10.1. The lowest BCUT2D eigenvalue weighted by Gasteiger charge is -2.28. The predicted molar refractivity (Wildman–Crippen MR) is 112 cm³/mol. The van der Waals surface area contributed by atoms with E-state index in [2.05, 4.69) is 11.8 Å². The number of allylic oxidation sites excluding steroid dienone is 1. The van der Waals surface area contributed by atoms with Gasteiger partial charge < -0.3 is 19.1 Å². The van der Waals surface area contributed by atoms with Crippen molar-refractivity contribution in [2.24, 2.45) is 0 Å². The van der Waals surface area contributed by atoms with E-state index in [0.29, 0.717) is 23.7 Å². The van der Waals surface area contributed by atoms with Crippen molar-refractivity contribution in [2.75, 3.05) is 44.9 Å². The molecule has 0 N–H and O–H groups in total. The van der Waals surface area contributed by atoms with E-state index < -0.39 is 0 Å². The molecule has 28 heavy (non-hydrogen) atoms. The molecule has 3 rings (SSSR count). The maximum absolute atomic E-state index is 12.5. The van der Waals surface area contributed by atoms with E-state index in [9.17, 15) is 4.79 Å². The molecule has 0 aliphatic carbocycles. The van der Waals surface area contributed by atoms with Gasteiger partial charge in [-0.15, -0.1) is 0 Å². The van der Waals surface area contributed by atoms with E-state index in [4.69, 9.17) is 14.2 Å². The minimum Gasteiger partial charge on any atom is -0.493 e. The summed E-state index contributed by atoms with van der Waals surface area (Å²) in [5, 5.41) is 0. The third kappa shape index (κ3) is 5.14. The van der Waals surface area contributed by atoms with Gasteiger partial charge in [0, 0.05) is 24.3 Å². The van der Waals surface area contributed by atoms with Crippen LogP contribution in [0, 0.1) is 0 Å². The molecule has 1 aliphatic heterocycles. The molecule has 0 aromatic heterocycles. The molecule has 0 unspecified atom stereocenters. The number of methoxy groups -OCH3 is 1. The van der Waals surface area contributed by atoms with Gasteiger partial charge in [-0.3, -0.25) is 4.79 Å². The zero-order valence-corrected chi connectivity index (χ0v) is 16.5. The Morgan fingerprint density at radius 3 is 2.54 bits per heavy atom. The minimum absolute atomic E-state index is 0.0274. The molecule has 1 aliphatic rings. The molecule has 148 valence electrons. The monoisotopic (exact) mass is 381 g/mol. The van der Waals surface area contributed by atoms with Gasteiger partial charge in [0.2, 0.25) is 0 Å². The zero-order chi connectivity index (χ0) is 19.8. The number of ketones is 1. The van der Waals surface area contributed by atoms with Crippen LogP contribution < -0.4 is 14.4 Å². The van der Waals surface area contributed by atoms with Crippen molar-refractivity contribution in [1.82, 2.24) is 0 Å². The SMILES string of the molecule is CCCOc1cc(C=CC(=O)c2ccc(N3CCOCC3)cc2)ccc1OC. The number of benzene rings is 2. The Morgan fingerprint density at radius 2 is 1.86 bits per heavy atom. The predicted octanol–water partition coefficient (Wildman–Crippen LogP) is 4.22. The molecule has 0 spiro atoms. The maximum Gasteiger partial charge on any atom is 0.185 e. The highest BCUT2D eigenvalue weighted by Gasteiger charge is 2.11. The van der Waals surface area contributed by atoms with Crippen molar-refractivity contribution in [3.8, 4) is 11.5 Å². The smallest absolute Gasteiger partial charge is 0.185 e. The summed E-state index contributed by atoms with van der Waals surface area (Å²) in [5.41, 5.74) is 2.69. The van der Waals surface area contributed by atoms with E-state index in [1.807, 2.05) is 42.5 Å². The van der Waals surface area contributed by atoms with Gasteiger partial charge in [0.25, 0.3) is 0 Å². The van der Waals surface area contributed by atoms with Crippen molar-refractivity contribution in [3.05, 3.63) is 59.7 Å². The fraction of sp³-hybridized carbons (Fsp3) is 0.348. The Kier molecular flexibility index (Phi) is 7.09. The quantitative estimate of drug-likeness (QED) is 0.506. The molecular formula is C23H27NO4. The van der Waals surface area contributed by atoms with Crippen molar-refractivity contribution in [3.63, 3.8) is 0 Å². The molecule has 0 saturated carbocycles. The summed E-state index contributed by atoms with van der Waals surface area (Å²) in [7, 11) is 1.62. The summed E-state index contributed by atoms with van der Waals surface area (Å²) >= 11 is 0. The number of hydrogen-bond donors (Lipinski definition) is 0. The van der Waals surface area contributed by atoms with Crippen LogP contribution in [0.25, 0.3) is 6.08 Å². The first-order valence-electron chi connectivity index (χ1n) is 9.67. The van der Waals surface area contributed by atoms with Crippen LogP contribution in [0.2, 0.25) is 0 Å². The normalized spacial score (nSPS) is 14.3. The van der Waals surface area contributed by atoms with E-state index >= 15 is 0 Å². The fourth-order valence-corrected chi connectivity index (χ4v) is 3.05. The Bertz CT molecular complexity index is 808. The number of hydrogen-bond acceptors (Lipinski definition) is 5. The van der Waals surface area contributed by atoms with Crippen molar-refractivity contribution < 1.29 is 19.0 Å². The first-order valence-corrected chi connectivity index (χ1v) is 9.67. The van der Waals surface area contributed by atoms with Crippen LogP contribution in [0.4, 0.5) is 5.69 Å². The molecule has 0 bridgehead atoms. The minimum atomic E-state index is -0.0274. The Labute approximate surface area is 166 Å². The van der Waals surface area contributed by atoms with E-state index in [1.165, 1.54) is 0 Å². The second kappa shape index (κ2) is 9.95. The van der Waals surface area contributed by atoms with Gasteiger partial charge in [0.15, 0.2) is 17.3 Å². The third-order valence-corrected chi connectivity index (χ3v) is 4.60. The highest BCUT2D eigenvalue weighted by Crippen LogP contribution is 2.28. The van der Waals surface area contributed by atoms with Gasteiger partial charge in [0.1, 0.15) is 0 Å². The average molecular weight is 381 g/mol. The van der Waals surface area contributed by atoms with Crippen molar-refractivity contribution >= 4 is 17.5 Å². The second-order valence-electron chi connectivity index (χ2n) is 6.60. The Morgan fingerprint density at radius 1 is 1.11 bits per heavy atom. The molecule has 5 nitrogen and oxygen atoms in total. The standard InChI is InChI=1S/C23H27NO4/c1-3-14-28-23-17-18(5-11-22(23)26-2)4-10-21(25)19-6-8-20(9-7-19)24-12-15-27-16-13-24/h4-11,17H,3,12-16H2,1-2H3. The van der Waals surface area contributed by atoms with Gasteiger partial charge in [-0.1, -0.05) is 19.1 Å². The number of rotatable bonds is 8. The second-order valence-corrected chi connectivity index (χ2v) is 6.60. The molecule has 1 fully saturated rings.